The van der Waals surface area contributed by atoms with Gasteiger partial charge in [0, 0.05) is 0 Å². The molecule has 0 N–H and O–H groups in total. The molecule has 0 aliphatic carbocycles. The zero-order chi connectivity index (χ0) is 2.00. The molecule has 0 aliphatic rings. The average Bonchev–Trinajstić information content (AvgIpc) is 1.00. The Hall–Kier alpha value is 0.999. The molecule has 0 aromatic heterocycles. The molecule has 0 aromatic carbocycles. The van der Waals surface area contributed by atoms with Gasteiger partial charge in [-0.1, -0.05) is 0 Å². The normalized spacial score (nSPS) is 1.50. The van der Waals surface area contributed by atoms with Crippen molar-refractivity contribution in [1.29, 1.82) is 0 Å². The van der Waals surface area contributed by atoms with Crippen molar-refractivity contribution in [3.05, 3.63) is 6.92 Å². The van der Waals surface area contributed by atoms with Gasteiger partial charge < -0.3 is 23.9 Å². The van der Waals surface area contributed by atoms with Gasteiger partial charge in [-0.2, -0.15) is 6.92 Å². The van der Waals surface area contributed by atoms with Crippen molar-refractivity contribution in [1.82, 2.24) is 0 Å². The van der Waals surface area contributed by atoms with Crippen LogP contribution >= 0.6 is 0 Å². The molecule has 0 atom stereocenters. The molecule has 2 heteroatoms. The van der Waals surface area contributed by atoms with Crippen LogP contribution in [0.25, 0.3) is 0 Å². The fourth-order valence-electron chi connectivity index (χ4n) is 0. The van der Waals surface area contributed by atoms with E-state index in [-0.39, 0.29) is 34.1 Å². The fraction of sp³-hybridized carbons (Fsp3) is 0.500. The van der Waals surface area contributed by atoms with Gasteiger partial charge in [-0.3, -0.25) is 0 Å². The van der Waals surface area contributed by atoms with E-state index in [4.69, 9.17) is 0 Å². The van der Waals surface area contributed by atoms with Crippen LogP contribution in [0, 0.1) is 6.92 Å². The van der Waals surface area contributed by atoms with Crippen LogP contribution in [-0.2, 0) is 17.1 Å². The van der Waals surface area contributed by atoms with Crippen LogP contribution < -0.4 is 17.0 Å². The predicted molar refractivity (Wildman–Crippen MR) is 11.0 cm³/mol. The Morgan fingerprint density at radius 2 is 1.25 bits per heavy atom. The monoisotopic (exact) mass is 163 g/mol. The van der Waals surface area contributed by atoms with Gasteiger partial charge in [-0.25, -0.2) is 0 Å². The van der Waals surface area contributed by atoms with Crippen molar-refractivity contribution in [2.75, 3.05) is 0 Å². The molecule has 1 radical (unpaired) electrons. The van der Waals surface area contributed by atoms with Crippen LogP contribution in [0.1, 0.15) is 6.92 Å². The Bertz CT molecular complexity index is 6.00. The molecule has 0 amide bonds. The topological polar surface area (TPSA) is 0 Å². The van der Waals surface area contributed by atoms with Crippen molar-refractivity contribution in [3.63, 3.8) is 0 Å². The summed E-state index contributed by atoms with van der Waals surface area (Å²) >= 11 is 0. The third-order valence-electron chi connectivity index (χ3n) is 0. The predicted octanol–water partition coefficient (Wildman–Crippen LogP) is -2.16. The molecule has 0 saturated carbocycles. The minimum absolute atomic E-state index is 0. The number of hydrogen-bond donors (Lipinski definition) is 0. The van der Waals surface area contributed by atoms with E-state index >= 15 is 0 Å². The molecule has 4 heavy (non-hydrogen) atoms. The maximum Gasteiger partial charge on any atom is 2.00 e. The zero-order valence-electron chi connectivity index (χ0n) is 2.46. The smallest absolute Gasteiger partial charge is 1.00 e. The number of halogens is 1. The van der Waals surface area contributed by atoms with E-state index < -0.39 is 0 Å². The van der Waals surface area contributed by atoms with Gasteiger partial charge in [0.25, 0.3) is 0 Å². The van der Waals surface area contributed by atoms with Crippen LogP contribution in [0.2, 0.25) is 0 Å². The molecule has 0 fully saturated rings. The van der Waals surface area contributed by atoms with Crippen molar-refractivity contribution in [3.8, 4) is 0 Å². The molecular weight excluding hydrogens is 159 g/mol. The summed E-state index contributed by atoms with van der Waals surface area (Å²) in [6, 6.07) is 0. The van der Waals surface area contributed by atoms with E-state index in [0.29, 0.717) is 0 Å². The minimum Gasteiger partial charge on any atom is -1.00 e. The van der Waals surface area contributed by atoms with Crippen LogP contribution in [-0.4, -0.2) is 0 Å². The summed E-state index contributed by atoms with van der Waals surface area (Å²) in [5, 5.41) is 0. The summed E-state index contributed by atoms with van der Waals surface area (Å²) in [4.78, 5) is 0. The minimum atomic E-state index is 0. The van der Waals surface area contributed by atoms with Gasteiger partial charge >= 0.3 is 17.1 Å². The van der Waals surface area contributed by atoms with Crippen molar-refractivity contribution in [2.24, 2.45) is 0 Å². The quantitative estimate of drug-likeness (QED) is 0.282. The van der Waals surface area contributed by atoms with E-state index in [1.165, 1.54) is 0 Å². The first-order valence-corrected chi connectivity index (χ1v) is 0.707. The molecule has 0 spiro atoms. The van der Waals surface area contributed by atoms with Gasteiger partial charge in [0.2, 0.25) is 0 Å². The first kappa shape index (κ1) is 20.0. The van der Waals surface area contributed by atoms with Crippen LogP contribution in [0.3, 0.4) is 0 Å². The van der Waals surface area contributed by atoms with Gasteiger partial charge in [-0.05, 0) is 0 Å². The molecule has 0 heterocycles. The average molecular weight is 164 g/mol. The van der Waals surface area contributed by atoms with Gasteiger partial charge in [0.05, 0.1) is 0 Å². The second kappa shape index (κ2) is 36.0. The van der Waals surface area contributed by atoms with E-state index in [1.807, 2.05) is 0 Å². The van der Waals surface area contributed by atoms with E-state index in [2.05, 4.69) is 6.92 Å². The molecule has 0 bridgehead atoms. The molecule has 0 unspecified atom stereocenters. The second-order valence-corrected chi connectivity index (χ2v) is 0. The van der Waals surface area contributed by atoms with Crippen LogP contribution in [0.5, 0.6) is 0 Å². The zero-order valence-corrected chi connectivity index (χ0v) is 5.23. The molecular formula is C2H5BrMn. The van der Waals surface area contributed by atoms with Gasteiger partial charge in [0.15, 0.2) is 0 Å². The summed E-state index contributed by atoms with van der Waals surface area (Å²) < 4.78 is 0. The standard InChI is InChI=1S/C2H5.BrH.Mn/c1-2;;/h1H2,2H3;1H;/q-1;;+2/p-1. The molecule has 27 valence electrons. The number of rotatable bonds is 0. The third kappa shape index (κ3) is 12.0. The Kier molecular flexibility index (Phi) is 180. The molecule has 0 aliphatic heterocycles. The van der Waals surface area contributed by atoms with Crippen LogP contribution in [0.4, 0.5) is 0 Å². The van der Waals surface area contributed by atoms with Crippen molar-refractivity contribution < 1.29 is 34.1 Å². The summed E-state index contributed by atoms with van der Waals surface area (Å²) in [5.74, 6) is 0. The van der Waals surface area contributed by atoms with E-state index in [0.717, 1.165) is 0 Å². The van der Waals surface area contributed by atoms with Crippen molar-refractivity contribution >= 4 is 0 Å². The molecule has 0 aromatic rings. The fourth-order valence-corrected chi connectivity index (χ4v) is 0. The Morgan fingerprint density at radius 1 is 1.25 bits per heavy atom. The first-order chi connectivity index (χ1) is 1.00. The van der Waals surface area contributed by atoms with Crippen molar-refractivity contribution in [2.45, 2.75) is 6.92 Å². The Balaban J connectivity index is -0.00000000500. The maximum absolute atomic E-state index is 3.25. The largest absolute Gasteiger partial charge is 2.00 e. The summed E-state index contributed by atoms with van der Waals surface area (Å²) in [7, 11) is 0. The van der Waals surface area contributed by atoms with Crippen LogP contribution in [0.15, 0.2) is 0 Å². The molecule has 0 nitrogen and oxygen atoms in total. The third-order valence-corrected chi connectivity index (χ3v) is 0. The Morgan fingerprint density at radius 3 is 1.25 bits per heavy atom. The summed E-state index contributed by atoms with van der Waals surface area (Å²) in [5.41, 5.74) is 0. The Labute approximate surface area is 48.2 Å². The van der Waals surface area contributed by atoms with E-state index in [9.17, 15) is 0 Å². The SMILES string of the molecule is [Br-].[CH2-]C.[Mn+2]. The number of hydrogen-bond acceptors (Lipinski definition) is 0. The molecule has 0 rings (SSSR count). The maximum atomic E-state index is 3.25. The van der Waals surface area contributed by atoms with Gasteiger partial charge in [-0.15, -0.1) is 0 Å². The second-order valence-electron chi connectivity index (χ2n) is 0. The summed E-state index contributed by atoms with van der Waals surface area (Å²) in [6.07, 6.45) is 0. The molecule has 0 saturated heterocycles. The summed E-state index contributed by atoms with van der Waals surface area (Å²) in [6.45, 7) is 5.00. The van der Waals surface area contributed by atoms with Gasteiger partial charge in [0.1, 0.15) is 0 Å². The first-order valence-electron chi connectivity index (χ1n) is 0.707. The van der Waals surface area contributed by atoms with E-state index in [1.54, 1.807) is 6.92 Å².